The first kappa shape index (κ1) is 17.5. The molecule has 0 atom stereocenters. The molecule has 1 rings (SSSR count). The Bertz CT molecular complexity index is 601. The monoisotopic (exact) mass is 316 g/mol. The predicted octanol–water partition coefficient (Wildman–Crippen LogP) is 1.69. The summed E-state index contributed by atoms with van der Waals surface area (Å²) in [6, 6.07) is 3.99. The molecule has 7 nitrogen and oxygen atoms in total. The minimum Gasteiger partial charge on any atom is -0.395 e. The van der Waals surface area contributed by atoms with Crippen LogP contribution in [-0.2, 0) is 10.0 Å². The third-order valence-electron chi connectivity index (χ3n) is 3.18. The van der Waals surface area contributed by atoms with E-state index in [0.717, 1.165) is 6.42 Å². The van der Waals surface area contributed by atoms with Gasteiger partial charge in [0.2, 0.25) is 10.0 Å². The molecule has 0 saturated carbocycles. The largest absolute Gasteiger partial charge is 0.395 e. The Hall–Kier alpha value is -1.51. The van der Waals surface area contributed by atoms with Gasteiger partial charge in [0.1, 0.15) is 0 Å². The van der Waals surface area contributed by atoms with Crippen LogP contribution in [-0.4, -0.2) is 42.4 Å². The van der Waals surface area contributed by atoms with Crippen LogP contribution in [0.2, 0.25) is 0 Å². The SMILES string of the molecule is CCCCN(CCO)S(=O)(=O)c1cccc([N+](=O)[O-])c1C. The second-order valence-corrected chi connectivity index (χ2v) is 6.54. The fourth-order valence-corrected chi connectivity index (χ4v) is 3.73. The minimum absolute atomic E-state index is 0.0233. The first-order chi connectivity index (χ1) is 9.86. The maximum Gasteiger partial charge on any atom is 0.273 e. The summed E-state index contributed by atoms with van der Waals surface area (Å²) in [5, 5.41) is 20.0. The van der Waals surface area contributed by atoms with Crippen molar-refractivity contribution in [2.45, 2.75) is 31.6 Å². The number of benzene rings is 1. The van der Waals surface area contributed by atoms with Crippen molar-refractivity contribution < 1.29 is 18.4 Å². The molecule has 0 aliphatic rings. The number of aliphatic hydroxyl groups excluding tert-OH is 1. The smallest absolute Gasteiger partial charge is 0.273 e. The quantitative estimate of drug-likeness (QED) is 0.581. The van der Waals surface area contributed by atoms with Crippen LogP contribution < -0.4 is 0 Å². The molecular weight excluding hydrogens is 296 g/mol. The van der Waals surface area contributed by atoms with E-state index in [1.165, 1.54) is 29.4 Å². The summed E-state index contributed by atoms with van der Waals surface area (Å²) in [6.07, 6.45) is 1.47. The van der Waals surface area contributed by atoms with Gasteiger partial charge in [0.15, 0.2) is 0 Å². The molecule has 0 unspecified atom stereocenters. The molecule has 0 amide bonds. The zero-order valence-corrected chi connectivity index (χ0v) is 13.0. The summed E-state index contributed by atoms with van der Waals surface area (Å²) in [7, 11) is -3.85. The van der Waals surface area contributed by atoms with E-state index in [9.17, 15) is 18.5 Å². The lowest BCUT2D eigenvalue weighted by Gasteiger charge is -2.22. The Balaban J connectivity index is 3.27. The highest BCUT2D eigenvalue weighted by Crippen LogP contribution is 2.27. The Labute approximate surface area is 124 Å². The van der Waals surface area contributed by atoms with Crippen molar-refractivity contribution in [2.24, 2.45) is 0 Å². The van der Waals surface area contributed by atoms with E-state index < -0.39 is 14.9 Å². The molecule has 0 spiro atoms. The van der Waals surface area contributed by atoms with E-state index >= 15 is 0 Å². The molecule has 0 bridgehead atoms. The predicted molar refractivity (Wildman–Crippen MR) is 78.6 cm³/mol. The average Bonchev–Trinajstić information content (AvgIpc) is 2.42. The summed E-state index contributed by atoms with van der Waals surface area (Å²) in [5.74, 6) is 0. The number of hydrogen-bond acceptors (Lipinski definition) is 5. The number of nitro benzene ring substituents is 1. The van der Waals surface area contributed by atoms with E-state index in [-0.39, 0.29) is 35.8 Å². The fourth-order valence-electron chi connectivity index (χ4n) is 2.02. The molecule has 0 heterocycles. The second-order valence-electron chi connectivity index (χ2n) is 4.64. The third-order valence-corrected chi connectivity index (χ3v) is 5.22. The Morgan fingerprint density at radius 1 is 1.33 bits per heavy atom. The Morgan fingerprint density at radius 3 is 2.52 bits per heavy atom. The number of nitro groups is 1. The first-order valence-corrected chi connectivity index (χ1v) is 8.15. The zero-order chi connectivity index (χ0) is 16.0. The summed E-state index contributed by atoms with van der Waals surface area (Å²) in [4.78, 5) is 10.2. The van der Waals surface area contributed by atoms with E-state index in [4.69, 9.17) is 5.11 Å². The molecular formula is C13H20N2O5S. The first-order valence-electron chi connectivity index (χ1n) is 6.71. The average molecular weight is 316 g/mol. The van der Waals surface area contributed by atoms with Gasteiger partial charge in [0.05, 0.1) is 16.4 Å². The van der Waals surface area contributed by atoms with Crippen LogP contribution in [0.4, 0.5) is 5.69 Å². The van der Waals surface area contributed by atoms with Gasteiger partial charge in [-0.3, -0.25) is 10.1 Å². The fraction of sp³-hybridized carbons (Fsp3) is 0.538. The lowest BCUT2D eigenvalue weighted by molar-refractivity contribution is -0.385. The van der Waals surface area contributed by atoms with E-state index in [0.29, 0.717) is 6.42 Å². The number of rotatable bonds is 8. The van der Waals surface area contributed by atoms with Crippen LogP contribution >= 0.6 is 0 Å². The van der Waals surface area contributed by atoms with Gasteiger partial charge < -0.3 is 5.11 Å². The molecule has 0 fully saturated rings. The number of hydrogen-bond donors (Lipinski definition) is 1. The molecule has 21 heavy (non-hydrogen) atoms. The van der Waals surface area contributed by atoms with Crippen molar-refractivity contribution in [2.75, 3.05) is 19.7 Å². The van der Waals surface area contributed by atoms with Crippen LogP contribution in [0.3, 0.4) is 0 Å². The van der Waals surface area contributed by atoms with Crippen LogP contribution in [0.1, 0.15) is 25.3 Å². The van der Waals surface area contributed by atoms with Gasteiger partial charge in [-0.15, -0.1) is 0 Å². The summed E-state index contributed by atoms with van der Waals surface area (Å²) in [6.45, 7) is 3.31. The molecule has 1 N–H and O–H groups in total. The highest BCUT2D eigenvalue weighted by Gasteiger charge is 2.28. The summed E-state index contributed by atoms with van der Waals surface area (Å²) < 4.78 is 26.4. The van der Waals surface area contributed by atoms with E-state index in [1.807, 2.05) is 6.92 Å². The van der Waals surface area contributed by atoms with Crippen molar-refractivity contribution in [3.05, 3.63) is 33.9 Å². The lowest BCUT2D eigenvalue weighted by Crippen LogP contribution is -2.34. The van der Waals surface area contributed by atoms with Gasteiger partial charge in [0, 0.05) is 24.7 Å². The standard InChI is InChI=1S/C13H20N2O5S/c1-3-4-8-14(9-10-16)21(19,20)13-7-5-6-12(11(13)2)15(17)18/h5-7,16H,3-4,8-10H2,1-2H3. The third kappa shape index (κ3) is 3.99. The molecule has 0 aromatic heterocycles. The highest BCUT2D eigenvalue weighted by atomic mass is 32.2. The molecule has 1 aromatic rings. The lowest BCUT2D eigenvalue weighted by atomic mass is 10.2. The molecule has 0 radical (unpaired) electrons. The van der Waals surface area contributed by atoms with E-state index in [1.54, 1.807) is 0 Å². The van der Waals surface area contributed by atoms with Gasteiger partial charge in [0.25, 0.3) is 5.69 Å². The Kier molecular flexibility index (Phi) is 6.25. The van der Waals surface area contributed by atoms with Crippen molar-refractivity contribution in [3.8, 4) is 0 Å². The van der Waals surface area contributed by atoms with Gasteiger partial charge in [-0.1, -0.05) is 19.4 Å². The number of sulfonamides is 1. The Morgan fingerprint density at radius 2 is 2.00 bits per heavy atom. The van der Waals surface area contributed by atoms with Crippen molar-refractivity contribution in [3.63, 3.8) is 0 Å². The summed E-state index contributed by atoms with van der Waals surface area (Å²) in [5.41, 5.74) is -0.113. The molecule has 0 aliphatic carbocycles. The number of nitrogens with zero attached hydrogens (tertiary/aromatic N) is 2. The van der Waals surface area contributed by atoms with Gasteiger partial charge in [-0.2, -0.15) is 4.31 Å². The number of unbranched alkanes of at least 4 members (excludes halogenated alkanes) is 1. The maximum atomic E-state index is 12.6. The maximum absolute atomic E-state index is 12.6. The molecule has 0 aliphatic heterocycles. The van der Waals surface area contributed by atoms with Crippen LogP contribution in [0, 0.1) is 17.0 Å². The second kappa shape index (κ2) is 7.48. The van der Waals surface area contributed by atoms with Crippen molar-refractivity contribution >= 4 is 15.7 Å². The highest BCUT2D eigenvalue weighted by molar-refractivity contribution is 7.89. The van der Waals surface area contributed by atoms with Gasteiger partial charge in [-0.05, 0) is 19.4 Å². The topological polar surface area (TPSA) is 101 Å². The number of aliphatic hydroxyl groups is 1. The van der Waals surface area contributed by atoms with Crippen LogP contribution in [0.5, 0.6) is 0 Å². The molecule has 1 aromatic carbocycles. The van der Waals surface area contributed by atoms with Gasteiger partial charge in [-0.25, -0.2) is 8.42 Å². The van der Waals surface area contributed by atoms with Gasteiger partial charge >= 0.3 is 0 Å². The van der Waals surface area contributed by atoms with E-state index in [2.05, 4.69) is 0 Å². The molecule has 118 valence electrons. The zero-order valence-electron chi connectivity index (χ0n) is 12.2. The summed E-state index contributed by atoms with van der Waals surface area (Å²) >= 11 is 0. The molecule has 8 heteroatoms. The minimum atomic E-state index is -3.85. The normalized spacial score (nSPS) is 11.8. The van der Waals surface area contributed by atoms with Crippen LogP contribution in [0.25, 0.3) is 0 Å². The van der Waals surface area contributed by atoms with Crippen LogP contribution in [0.15, 0.2) is 23.1 Å². The van der Waals surface area contributed by atoms with Crippen molar-refractivity contribution in [1.29, 1.82) is 0 Å². The molecule has 0 saturated heterocycles. The van der Waals surface area contributed by atoms with Crippen molar-refractivity contribution in [1.82, 2.24) is 4.31 Å².